The number of ether oxygens (including phenoxy) is 2. The number of nitrogens with zero attached hydrogens (tertiary/aromatic N) is 3. The Morgan fingerprint density at radius 3 is 2.72 bits per heavy atom. The van der Waals surface area contributed by atoms with Crippen molar-refractivity contribution in [2.45, 2.75) is 45.9 Å². The molecule has 0 bridgehead atoms. The molecule has 2 heterocycles. The van der Waals surface area contributed by atoms with Gasteiger partial charge < -0.3 is 14.4 Å². The number of likely N-dealkylation sites (N-methyl/N-ethyl adjacent to an activating group) is 1. The van der Waals surface area contributed by atoms with Gasteiger partial charge in [-0.2, -0.15) is 0 Å². The van der Waals surface area contributed by atoms with Crippen LogP contribution in [0, 0.1) is 0 Å². The maximum atomic E-state index is 12.8. The van der Waals surface area contributed by atoms with Crippen LogP contribution in [0.15, 0.2) is 29.6 Å². The molecule has 1 aromatic heterocycles. The minimum Gasteiger partial charge on any atom is -0.481 e. The molecule has 0 N–H and O–H groups in total. The molecule has 1 saturated heterocycles. The molecule has 6 nitrogen and oxygen atoms in total. The Labute approximate surface area is 177 Å². The highest BCUT2D eigenvalue weighted by atomic mass is 32.1. The second-order valence-electron chi connectivity index (χ2n) is 7.77. The minimum atomic E-state index is -0.550. The number of thiazole rings is 1. The van der Waals surface area contributed by atoms with E-state index in [0.717, 1.165) is 54.9 Å². The van der Waals surface area contributed by atoms with E-state index in [0.29, 0.717) is 12.5 Å². The summed E-state index contributed by atoms with van der Waals surface area (Å²) in [6.45, 7) is 10.8. The molecule has 7 heteroatoms. The number of para-hydroxylation sites is 1. The van der Waals surface area contributed by atoms with Crippen LogP contribution in [0.5, 0.6) is 5.75 Å². The van der Waals surface area contributed by atoms with E-state index in [4.69, 9.17) is 14.5 Å². The van der Waals surface area contributed by atoms with Gasteiger partial charge in [0.25, 0.3) is 5.91 Å². The molecule has 0 radical (unpaired) electrons. The summed E-state index contributed by atoms with van der Waals surface area (Å²) in [6, 6.07) is 7.91. The fourth-order valence-corrected chi connectivity index (χ4v) is 4.21. The van der Waals surface area contributed by atoms with Crippen LogP contribution in [0.3, 0.4) is 0 Å². The highest BCUT2D eigenvalue weighted by molar-refractivity contribution is 7.09. The van der Waals surface area contributed by atoms with Crippen molar-refractivity contribution < 1.29 is 14.3 Å². The van der Waals surface area contributed by atoms with Gasteiger partial charge in [0.15, 0.2) is 6.10 Å². The Morgan fingerprint density at radius 1 is 1.28 bits per heavy atom. The van der Waals surface area contributed by atoms with Crippen LogP contribution in [0.25, 0.3) is 0 Å². The standard InChI is InChI=1S/C22H31N3O3S/c1-16(2)19-7-5-6-8-20(19)28-17(3)22(26)24(4)13-18-15-29-21(23-18)14-25-9-11-27-12-10-25/h5-8,15-17H,9-14H2,1-4H3. The van der Waals surface area contributed by atoms with Gasteiger partial charge in [-0.25, -0.2) is 4.98 Å². The third-order valence-electron chi connectivity index (χ3n) is 5.03. The molecular formula is C22H31N3O3S. The van der Waals surface area contributed by atoms with Gasteiger partial charge in [-0.1, -0.05) is 32.0 Å². The smallest absolute Gasteiger partial charge is 0.263 e. The zero-order valence-corrected chi connectivity index (χ0v) is 18.6. The average Bonchev–Trinajstić information content (AvgIpc) is 3.15. The topological polar surface area (TPSA) is 54.9 Å². The van der Waals surface area contributed by atoms with E-state index in [2.05, 4.69) is 18.7 Å². The van der Waals surface area contributed by atoms with Gasteiger partial charge in [0, 0.05) is 25.5 Å². The lowest BCUT2D eigenvalue weighted by Gasteiger charge is -2.25. The van der Waals surface area contributed by atoms with Gasteiger partial charge >= 0.3 is 0 Å². The maximum absolute atomic E-state index is 12.8. The molecule has 3 rings (SSSR count). The van der Waals surface area contributed by atoms with Gasteiger partial charge in [-0.15, -0.1) is 11.3 Å². The largest absolute Gasteiger partial charge is 0.481 e. The highest BCUT2D eigenvalue weighted by Gasteiger charge is 2.22. The quantitative estimate of drug-likeness (QED) is 0.658. The normalized spacial score (nSPS) is 16.0. The molecule has 0 aliphatic carbocycles. The molecular weight excluding hydrogens is 386 g/mol. The Hall–Kier alpha value is -1.96. The van der Waals surface area contributed by atoms with Crippen molar-refractivity contribution in [3.05, 3.63) is 45.9 Å². The van der Waals surface area contributed by atoms with Crippen molar-refractivity contribution in [3.8, 4) is 5.75 Å². The lowest BCUT2D eigenvalue weighted by molar-refractivity contribution is -0.137. The van der Waals surface area contributed by atoms with Crippen molar-refractivity contribution in [1.82, 2.24) is 14.8 Å². The molecule has 0 spiro atoms. The molecule has 1 fully saturated rings. The first-order valence-electron chi connectivity index (χ1n) is 10.2. The summed E-state index contributed by atoms with van der Waals surface area (Å²) in [5, 5.41) is 3.12. The van der Waals surface area contributed by atoms with E-state index in [1.807, 2.05) is 29.6 Å². The third-order valence-corrected chi connectivity index (χ3v) is 5.91. The first-order chi connectivity index (χ1) is 13.9. The molecule has 158 valence electrons. The Bertz CT molecular complexity index is 802. The SMILES string of the molecule is CC(Oc1ccccc1C(C)C)C(=O)N(C)Cc1csc(CN2CCOCC2)n1. The number of rotatable bonds is 8. The zero-order chi connectivity index (χ0) is 20.8. The van der Waals surface area contributed by atoms with Gasteiger partial charge in [-0.3, -0.25) is 9.69 Å². The molecule has 1 aliphatic heterocycles. The van der Waals surface area contributed by atoms with E-state index < -0.39 is 6.10 Å². The van der Waals surface area contributed by atoms with Crippen molar-refractivity contribution in [1.29, 1.82) is 0 Å². The van der Waals surface area contributed by atoms with Crippen LogP contribution in [0.2, 0.25) is 0 Å². The second-order valence-corrected chi connectivity index (χ2v) is 8.71. The highest BCUT2D eigenvalue weighted by Crippen LogP contribution is 2.27. The molecule has 1 amide bonds. The zero-order valence-electron chi connectivity index (χ0n) is 17.8. The number of amides is 1. The summed E-state index contributed by atoms with van der Waals surface area (Å²) in [5.41, 5.74) is 2.03. The van der Waals surface area contributed by atoms with Crippen molar-refractivity contribution in [2.75, 3.05) is 33.4 Å². The van der Waals surface area contributed by atoms with Gasteiger partial charge in [0.05, 0.1) is 32.0 Å². The van der Waals surface area contributed by atoms with E-state index in [1.54, 1.807) is 30.2 Å². The third kappa shape index (κ3) is 6.01. The van der Waals surface area contributed by atoms with Gasteiger partial charge in [0.2, 0.25) is 0 Å². The van der Waals surface area contributed by atoms with Crippen LogP contribution in [-0.4, -0.2) is 60.1 Å². The number of carbonyl (C=O) groups is 1. The number of carbonyl (C=O) groups excluding carboxylic acids is 1. The van der Waals surface area contributed by atoms with E-state index in [-0.39, 0.29) is 5.91 Å². The van der Waals surface area contributed by atoms with E-state index in [1.165, 1.54) is 0 Å². The summed E-state index contributed by atoms with van der Waals surface area (Å²) < 4.78 is 11.4. The molecule has 0 saturated carbocycles. The number of hydrogen-bond donors (Lipinski definition) is 0. The monoisotopic (exact) mass is 417 g/mol. The van der Waals surface area contributed by atoms with Crippen molar-refractivity contribution in [2.24, 2.45) is 0 Å². The van der Waals surface area contributed by atoms with Crippen LogP contribution in [0.4, 0.5) is 0 Å². The van der Waals surface area contributed by atoms with E-state index in [9.17, 15) is 4.79 Å². The summed E-state index contributed by atoms with van der Waals surface area (Å²) in [4.78, 5) is 21.6. The molecule has 29 heavy (non-hydrogen) atoms. The predicted molar refractivity (Wildman–Crippen MR) is 115 cm³/mol. The predicted octanol–water partition coefficient (Wildman–Crippen LogP) is 3.52. The summed E-state index contributed by atoms with van der Waals surface area (Å²) in [5.74, 6) is 1.07. The van der Waals surface area contributed by atoms with Crippen LogP contribution < -0.4 is 4.74 Å². The average molecular weight is 418 g/mol. The van der Waals surface area contributed by atoms with Crippen molar-refractivity contribution in [3.63, 3.8) is 0 Å². The Balaban J connectivity index is 1.55. The van der Waals surface area contributed by atoms with Gasteiger partial charge in [0.1, 0.15) is 10.8 Å². The molecule has 1 aliphatic rings. The number of benzene rings is 1. The minimum absolute atomic E-state index is 0.0497. The van der Waals surface area contributed by atoms with E-state index >= 15 is 0 Å². The van der Waals surface area contributed by atoms with Gasteiger partial charge in [-0.05, 0) is 24.5 Å². The Kier molecular flexibility index (Phi) is 7.64. The number of aromatic nitrogens is 1. The molecule has 2 aromatic rings. The summed E-state index contributed by atoms with van der Waals surface area (Å²) in [6.07, 6.45) is -0.550. The summed E-state index contributed by atoms with van der Waals surface area (Å²) >= 11 is 1.65. The van der Waals surface area contributed by atoms with Crippen molar-refractivity contribution >= 4 is 17.2 Å². The lowest BCUT2D eigenvalue weighted by atomic mass is 10.0. The second kappa shape index (κ2) is 10.2. The lowest BCUT2D eigenvalue weighted by Crippen LogP contribution is -2.37. The number of hydrogen-bond acceptors (Lipinski definition) is 6. The first kappa shape index (κ1) is 21.7. The van der Waals surface area contributed by atoms with Crippen LogP contribution in [0.1, 0.15) is 43.0 Å². The van der Waals surface area contributed by atoms with Crippen LogP contribution in [-0.2, 0) is 22.6 Å². The molecule has 1 unspecified atom stereocenters. The summed E-state index contributed by atoms with van der Waals surface area (Å²) in [7, 11) is 1.80. The number of morpholine rings is 1. The maximum Gasteiger partial charge on any atom is 0.263 e. The fraction of sp³-hybridized carbons (Fsp3) is 0.545. The Morgan fingerprint density at radius 2 is 2.00 bits per heavy atom. The molecule has 1 aromatic carbocycles. The fourth-order valence-electron chi connectivity index (χ4n) is 3.38. The first-order valence-corrected chi connectivity index (χ1v) is 11.1. The van der Waals surface area contributed by atoms with Crippen LogP contribution >= 0.6 is 11.3 Å². The molecule has 1 atom stereocenters.